The molecule has 4 heterocycles. The number of hydrogen-bond donors (Lipinski definition) is 0. The Balaban J connectivity index is 1.34. The molecular weight excluding hydrogens is 310 g/mol. The van der Waals surface area contributed by atoms with Crippen molar-refractivity contribution in [2.75, 3.05) is 18.8 Å². The lowest BCUT2D eigenvalue weighted by Crippen LogP contribution is -2.60. The molecule has 0 bridgehead atoms. The second-order valence-corrected chi connectivity index (χ2v) is 7.47. The van der Waals surface area contributed by atoms with Crippen molar-refractivity contribution < 1.29 is 9.53 Å². The minimum Gasteiger partial charge on any atom is -0.473 e. The highest BCUT2D eigenvalue weighted by molar-refractivity contribution is 8.01. The lowest BCUT2D eigenvalue weighted by molar-refractivity contribution is 0.0510. The van der Waals surface area contributed by atoms with Gasteiger partial charge in [-0.3, -0.25) is 9.78 Å². The van der Waals surface area contributed by atoms with Crippen molar-refractivity contribution in [2.45, 2.75) is 17.3 Å². The first-order chi connectivity index (χ1) is 11.2. The highest BCUT2D eigenvalue weighted by atomic mass is 32.2. The van der Waals surface area contributed by atoms with Gasteiger partial charge >= 0.3 is 0 Å². The van der Waals surface area contributed by atoms with Gasteiger partial charge in [0.15, 0.2) is 0 Å². The topological polar surface area (TPSA) is 55.3 Å². The average molecular weight is 327 g/mol. The van der Waals surface area contributed by atoms with Crippen LogP contribution in [0.5, 0.6) is 5.88 Å². The van der Waals surface area contributed by atoms with Gasteiger partial charge in [-0.1, -0.05) is 12.1 Å². The van der Waals surface area contributed by atoms with Crippen molar-refractivity contribution in [3.05, 3.63) is 54.5 Å². The summed E-state index contributed by atoms with van der Waals surface area (Å²) < 4.78 is 6.08. The number of hydrogen-bond acceptors (Lipinski definition) is 5. The van der Waals surface area contributed by atoms with Crippen LogP contribution in [0.2, 0.25) is 0 Å². The van der Waals surface area contributed by atoms with Crippen LogP contribution in [0.4, 0.5) is 0 Å². The Morgan fingerprint density at radius 3 is 2.65 bits per heavy atom. The van der Waals surface area contributed by atoms with E-state index in [0.29, 0.717) is 11.6 Å². The van der Waals surface area contributed by atoms with Crippen molar-refractivity contribution in [3.8, 4) is 5.88 Å². The van der Waals surface area contributed by atoms with Crippen LogP contribution in [0.25, 0.3) is 0 Å². The molecule has 5 nitrogen and oxygen atoms in total. The number of carbonyl (C=O) groups is 1. The summed E-state index contributed by atoms with van der Waals surface area (Å²) in [6.07, 6.45) is 4.52. The van der Waals surface area contributed by atoms with E-state index in [1.165, 1.54) is 0 Å². The van der Waals surface area contributed by atoms with Gasteiger partial charge in [0, 0.05) is 43.7 Å². The van der Waals surface area contributed by atoms with Crippen LogP contribution in [-0.2, 0) is 0 Å². The zero-order chi connectivity index (χ0) is 15.7. The van der Waals surface area contributed by atoms with E-state index in [9.17, 15) is 4.79 Å². The monoisotopic (exact) mass is 327 g/mol. The number of thioether (sulfide) groups is 1. The second kappa shape index (κ2) is 5.85. The largest absolute Gasteiger partial charge is 0.473 e. The number of likely N-dealkylation sites (tertiary alicyclic amines) is 1. The standard InChI is InChI=1S/C17H17N3O2S/c21-16(14-5-1-3-7-18-14)20-11-17(12-20)9-13(10-23-17)22-15-6-2-4-8-19-15/h1-8,13H,9-12H2. The second-order valence-electron chi connectivity index (χ2n) is 5.98. The lowest BCUT2D eigenvalue weighted by atomic mass is 9.92. The lowest BCUT2D eigenvalue weighted by Gasteiger charge is -2.47. The Hall–Kier alpha value is -2.08. The SMILES string of the molecule is O=C(c1ccccn1)N1CC2(CC(Oc3ccccn3)CS2)C1. The molecule has 2 aromatic heterocycles. The van der Waals surface area contributed by atoms with Crippen molar-refractivity contribution >= 4 is 17.7 Å². The molecule has 2 fully saturated rings. The summed E-state index contributed by atoms with van der Waals surface area (Å²) >= 11 is 1.91. The first-order valence-corrected chi connectivity index (χ1v) is 8.65. The Morgan fingerprint density at radius 1 is 1.17 bits per heavy atom. The third kappa shape index (κ3) is 2.91. The molecule has 0 N–H and O–H groups in total. The number of pyridine rings is 2. The van der Waals surface area contributed by atoms with Crippen LogP contribution in [0.1, 0.15) is 16.9 Å². The van der Waals surface area contributed by atoms with Crippen LogP contribution in [0.15, 0.2) is 48.8 Å². The Morgan fingerprint density at radius 2 is 1.96 bits per heavy atom. The van der Waals surface area contributed by atoms with E-state index in [1.807, 2.05) is 47.0 Å². The molecule has 2 aliphatic heterocycles. The highest BCUT2D eigenvalue weighted by Gasteiger charge is 2.51. The molecule has 6 heteroatoms. The van der Waals surface area contributed by atoms with Gasteiger partial charge in [0.25, 0.3) is 5.91 Å². The summed E-state index contributed by atoms with van der Waals surface area (Å²) in [5, 5.41) is 0. The third-order valence-electron chi connectivity index (χ3n) is 4.23. The van der Waals surface area contributed by atoms with E-state index < -0.39 is 0 Å². The Kier molecular flexibility index (Phi) is 3.69. The van der Waals surface area contributed by atoms with Crippen molar-refractivity contribution in [3.63, 3.8) is 0 Å². The average Bonchev–Trinajstić information content (AvgIpc) is 2.99. The maximum Gasteiger partial charge on any atom is 0.272 e. The predicted molar refractivity (Wildman–Crippen MR) is 88.6 cm³/mol. The van der Waals surface area contributed by atoms with Crippen LogP contribution in [0.3, 0.4) is 0 Å². The molecule has 2 saturated heterocycles. The van der Waals surface area contributed by atoms with E-state index in [1.54, 1.807) is 18.5 Å². The smallest absolute Gasteiger partial charge is 0.272 e. The fraction of sp³-hybridized carbons (Fsp3) is 0.353. The number of amides is 1. The number of aromatic nitrogens is 2. The van der Waals surface area contributed by atoms with Crippen LogP contribution >= 0.6 is 11.8 Å². The number of carbonyl (C=O) groups excluding carboxylic acids is 1. The van der Waals surface area contributed by atoms with Crippen LogP contribution in [-0.4, -0.2) is 50.5 Å². The Labute approximate surface area is 139 Å². The molecule has 1 spiro atoms. The fourth-order valence-electron chi connectivity index (χ4n) is 3.13. The molecule has 23 heavy (non-hydrogen) atoms. The normalized spacial score (nSPS) is 21.9. The highest BCUT2D eigenvalue weighted by Crippen LogP contribution is 2.46. The van der Waals surface area contributed by atoms with Gasteiger partial charge in [-0.05, 0) is 18.2 Å². The van der Waals surface area contributed by atoms with Crippen molar-refractivity contribution in [1.29, 1.82) is 0 Å². The van der Waals surface area contributed by atoms with Gasteiger partial charge in [0.1, 0.15) is 11.8 Å². The summed E-state index contributed by atoms with van der Waals surface area (Å²) in [5.41, 5.74) is 0.520. The molecule has 0 radical (unpaired) electrons. The predicted octanol–water partition coefficient (Wildman–Crippen LogP) is 2.26. The van der Waals surface area contributed by atoms with Gasteiger partial charge in [-0.25, -0.2) is 4.98 Å². The van der Waals surface area contributed by atoms with E-state index in [4.69, 9.17) is 4.74 Å². The molecular formula is C17H17N3O2S. The minimum atomic E-state index is 0.0194. The molecule has 118 valence electrons. The quantitative estimate of drug-likeness (QED) is 0.865. The molecule has 2 aliphatic rings. The zero-order valence-corrected chi connectivity index (χ0v) is 13.4. The fourth-order valence-corrected chi connectivity index (χ4v) is 4.65. The summed E-state index contributed by atoms with van der Waals surface area (Å²) in [6.45, 7) is 1.55. The molecule has 1 amide bonds. The van der Waals surface area contributed by atoms with E-state index in [2.05, 4.69) is 9.97 Å². The van der Waals surface area contributed by atoms with Gasteiger partial charge < -0.3 is 9.64 Å². The summed E-state index contributed by atoms with van der Waals surface area (Å²) in [7, 11) is 0. The van der Waals surface area contributed by atoms with E-state index in [-0.39, 0.29) is 16.8 Å². The summed E-state index contributed by atoms with van der Waals surface area (Å²) in [5.74, 6) is 1.64. The summed E-state index contributed by atoms with van der Waals surface area (Å²) in [4.78, 5) is 22.6. The van der Waals surface area contributed by atoms with Crippen molar-refractivity contribution in [1.82, 2.24) is 14.9 Å². The van der Waals surface area contributed by atoms with Gasteiger partial charge in [-0.2, -0.15) is 0 Å². The number of nitrogens with zero attached hydrogens (tertiary/aromatic N) is 3. The summed E-state index contributed by atoms with van der Waals surface area (Å²) in [6, 6.07) is 11.1. The van der Waals surface area contributed by atoms with E-state index in [0.717, 1.165) is 25.3 Å². The van der Waals surface area contributed by atoms with Crippen LogP contribution in [0, 0.1) is 0 Å². The molecule has 0 saturated carbocycles. The molecule has 4 rings (SSSR count). The maximum absolute atomic E-state index is 12.4. The van der Waals surface area contributed by atoms with E-state index >= 15 is 0 Å². The molecule has 0 aromatic carbocycles. The molecule has 0 aliphatic carbocycles. The van der Waals surface area contributed by atoms with Gasteiger partial charge in [0.2, 0.25) is 5.88 Å². The Bertz CT molecular complexity index is 689. The molecule has 1 atom stereocenters. The van der Waals surface area contributed by atoms with Crippen LogP contribution < -0.4 is 4.74 Å². The molecule has 1 unspecified atom stereocenters. The van der Waals surface area contributed by atoms with Gasteiger partial charge in [0.05, 0.1) is 4.75 Å². The van der Waals surface area contributed by atoms with Crippen molar-refractivity contribution in [2.24, 2.45) is 0 Å². The zero-order valence-electron chi connectivity index (χ0n) is 12.6. The number of ether oxygens (including phenoxy) is 1. The first-order valence-electron chi connectivity index (χ1n) is 7.66. The van der Waals surface area contributed by atoms with Gasteiger partial charge in [-0.15, -0.1) is 11.8 Å². The number of rotatable bonds is 3. The third-order valence-corrected chi connectivity index (χ3v) is 5.81. The molecule has 2 aromatic rings. The maximum atomic E-state index is 12.4. The minimum absolute atomic E-state index is 0.0194. The first kappa shape index (κ1) is 14.5.